The van der Waals surface area contributed by atoms with Crippen LogP contribution >= 0.6 is 0 Å². The molecule has 0 spiro atoms. The largest absolute Gasteiger partial charge is 4.00 e. The predicted molar refractivity (Wildman–Crippen MR) is 127 cm³/mol. The first kappa shape index (κ1) is 28.2. The van der Waals surface area contributed by atoms with Crippen LogP contribution in [0.3, 0.4) is 0 Å². The van der Waals surface area contributed by atoms with Gasteiger partial charge in [0.1, 0.15) is 0 Å². The quantitative estimate of drug-likeness (QED) is 0.262. The molecule has 0 nitrogen and oxygen atoms in total. The Kier molecular flexibility index (Phi) is 11.2. The summed E-state index contributed by atoms with van der Waals surface area (Å²) in [4.78, 5) is 0. The van der Waals surface area contributed by atoms with E-state index in [1.807, 2.05) is 0 Å². The second-order valence-electron chi connectivity index (χ2n) is 8.65. The van der Waals surface area contributed by atoms with Gasteiger partial charge in [-0.3, -0.25) is 6.08 Å². The zero-order valence-corrected chi connectivity index (χ0v) is 23.9. The maximum atomic E-state index is 3.60. The van der Waals surface area contributed by atoms with Gasteiger partial charge in [0, 0.05) is 0 Å². The Morgan fingerprint density at radius 3 is 1.97 bits per heavy atom. The van der Waals surface area contributed by atoms with E-state index in [0.717, 1.165) is 12.3 Å². The van der Waals surface area contributed by atoms with Gasteiger partial charge in [-0.2, -0.15) is 33.4 Å². The summed E-state index contributed by atoms with van der Waals surface area (Å²) in [6.07, 6.45) is 9.77. The van der Waals surface area contributed by atoms with Crippen LogP contribution in [0.5, 0.6) is 0 Å². The summed E-state index contributed by atoms with van der Waals surface area (Å²) >= 11 is 0. The number of aryl methyl sites for hydroxylation is 1. The number of hydrogen-bond acceptors (Lipinski definition) is 0. The van der Waals surface area contributed by atoms with Crippen molar-refractivity contribution in [2.45, 2.75) is 80.6 Å². The Bertz CT molecular complexity index is 766. The van der Waals surface area contributed by atoms with E-state index < -0.39 is 0 Å². The molecule has 0 unspecified atom stereocenters. The summed E-state index contributed by atoms with van der Waals surface area (Å²) in [6.45, 7) is 15.6. The van der Waals surface area contributed by atoms with Crippen LogP contribution in [-0.4, -0.2) is 0 Å². The maximum absolute atomic E-state index is 3.60. The molecule has 2 aromatic carbocycles. The number of allylic oxidation sites excluding steroid dienone is 2. The Morgan fingerprint density at radius 2 is 1.48 bits per heavy atom. The van der Waals surface area contributed by atoms with Crippen molar-refractivity contribution in [2.75, 3.05) is 0 Å². The standard InChI is InChI=1S/C16H19.C10H15.2CH3.Hf/c1-11(2)10-14-9-8-13-7-6-12-4-3-5-15(12)16(13)14;1-6-7(2)9(4)10(5)8(6)3;;;/h6-7,11H,3-5,8,10H2,1-2H3;1-5H3;2*1H3;/q4*-1;+4. The second kappa shape index (κ2) is 11.5. The average molecular weight is 555 g/mol. The molecule has 0 aliphatic heterocycles. The fourth-order valence-electron chi connectivity index (χ4n) is 4.52. The first-order valence-electron chi connectivity index (χ1n) is 10.2. The summed E-state index contributed by atoms with van der Waals surface area (Å²) in [6, 6.07) is 4.68. The number of rotatable bonds is 2. The van der Waals surface area contributed by atoms with Crippen LogP contribution in [-0.2, 0) is 45.1 Å². The van der Waals surface area contributed by atoms with Gasteiger partial charge in [-0.05, 0) is 25.2 Å². The van der Waals surface area contributed by atoms with Crippen molar-refractivity contribution in [3.63, 3.8) is 0 Å². The van der Waals surface area contributed by atoms with E-state index in [1.54, 1.807) is 16.7 Å². The molecule has 0 bridgehead atoms. The first-order valence-corrected chi connectivity index (χ1v) is 10.2. The first-order chi connectivity index (χ1) is 12.3. The van der Waals surface area contributed by atoms with Gasteiger partial charge in [-0.25, -0.2) is 5.57 Å². The van der Waals surface area contributed by atoms with Gasteiger partial charge in [-0.15, -0.1) is 17.5 Å². The fraction of sp³-hybridized carbons (Fsp3) is 0.464. The molecule has 0 saturated carbocycles. The van der Waals surface area contributed by atoms with Gasteiger partial charge in [0.15, 0.2) is 0 Å². The van der Waals surface area contributed by atoms with E-state index in [1.165, 1.54) is 64.6 Å². The van der Waals surface area contributed by atoms with Crippen molar-refractivity contribution in [2.24, 2.45) is 5.92 Å². The zero-order chi connectivity index (χ0) is 19.0. The number of benzene rings is 1. The van der Waals surface area contributed by atoms with Crippen LogP contribution < -0.4 is 0 Å². The fourth-order valence-corrected chi connectivity index (χ4v) is 4.52. The van der Waals surface area contributed by atoms with Crippen molar-refractivity contribution in [1.29, 1.82) is 0 Å². The molecule has 2 aromatic rings. The van der Waals surface area contributed by atoms with Crippen LogP contribution in [0.25, 0.3) is 5.57 Å². The van der Waals surface area contributed by atoms with E-state index in [9.17, 15) is 0 Å². The van der Waals surface area contributed by atoms with E-state index in [2.05, 4.69) is 66.7 Å². The molecule has 0 heterocycles. The van der Waals surface area contributed by atoms with Gasteiger partial charge in [0.2, 0.25) is 0 Å². The minimum atomic E-state index is 0. The molecule has 1 heteroatoms. The number of hydrogen-bond donors (Lipinski definition) is 0. The third-order valence-electron chi connectivity index (χ3n) is 6.59. The summed E-state index contributed by atoms with van der Waals surface area (Å²) in [5, 5.41) is 0. The number of fused-ring (bicyclic) bond motifs is 3. The predicted octanol–water partition coefficient (Wildman–Crippen LogP) is 7.81. The molecule has 0 atom stereocenters. The monoisotopic (exact) mass is 556 g/mol. The van der Waals surface area contributed by atoms with Crippen molar-refractivity contribution in [3.05, 3.63) is 83.1 Å². The Balaban J connectivity index is 0.000000535. The molecule has 0 radical (unpaired) electrons. The van der Waals surface area contributed by atoms with E-state index in [4.69, 9.17) is 0 Å². The van der Waals surface area contributed by atoms with Crippen molar-refractivity contribution >= 4 is 5.57 Å². The van der Waals surface area contributed by atoms with Crippen molar-refractivity contribution < 1.29 is 25.8 Å². The van der Waals surface area contributed by atoms with E-state index in [-0.39, 0.29) is 40.7 Å². The zero-order valence-electron chi connectivity index (χ0n) is 20.3. The molecule has 156 valence electrons. The van der Waals surface area contributed by atoms with E-state index >= 15 is 0 Å². The third kappa shape index (κ3) is 5.66. The van der Waals surface area contributed by atoms with Gasteiger partial charge < -0.3 is 14.9 Å². The van der Waals surface area contributed by atoms with Crippen molar-refractivity contribution in [3.8, 4) is 0 Å². The molecule has 0 N–H and O–H groups in total. The minimum Gasteiger partial charge on any atom is -0.358 e. The molecule has 0 saturated heterocycles. The Morgan fingerprint density at radius 1 is 0.931 bits per heavy atom. The smallest absolute Gasteiger partial charge is 0.358 e. The molecule has 2 aliphatic rings. The Labute approximate surface area is 200 Å². The van der Waals surface area contributed by atoms with Crippen LogP contribution in [0, 0.1) is 61.5 Å². The molecule has 29 heavy (non-hydrogen) atoms. The van der Waals surface area contributed by atoms with Crippen LogP contribution in [0.4, 0.5) is 0 Å². The maximum Gasteiger partial charge on any atom is 4.00 e. The summed E-state index contributed by atoms with van der Waals surface area (Å²) in [7, 11) is 0. The molecular formula is C28H40Hf. The summed E-state index contributed by atoms with van der Waals surface area (Å²) < 4.78 is 0. The van der Waals surface area contributed by atoms with E-state index in [0.29, 0.717) is 0 Å². The van der Waals surface area contributed by atoms with Gasteiger partial charge in [-0.1, -0.05) is 72.6 Å². The van der Waals surface area contributed by atoms with Crippen molar-refractivity contribution in [1.82, 2.24) is 0 Å². The van der Waals surface area contributed by atoms with Crippen LogP contribution in [0.2, 0.25) is 0 Å². The SMILES string of the molecule is CC(C)CC1=[C-]Cc2ccc3c(c21)CCC3.Cc1c(C)c(C)[c-](C)c1C.[CH3-].[CH3-].[Hf+4]. The average Bonchev–Trinajstić information content (AvgIpc) is 3.28. The molecule has 0 amide bonds. The van der Waals surface area contributed by atoms with Crippen LogP contribution in [0.1, 0.15) is 76.8 Å². The Hall–Kier alpha value is -0.820. The molecule has 0 fully saturated rings. The third-order valence-corrected chi connectivity index (χ3v) is 6.59. The normalized spacial score (nSPS) is 13.3. The topological polar surface area (TPSA) is 0 Å². The van der Waals surface area contributed by atoms with Crippen LogP contribution in [0.15, 0.2) is 12.1 Å². The summed E-state index contributed by atoms with van der Waals surface area (Å²) in [5.41, 5.74) is 15.2. The molecule has 0 aromatic heterocycles. The van der Waals surface area contributed by atoms with Gasteiger partial charge >= 0.3 is 25.8 Å². The van der Waals surface area contributed by atoms with Gasteiger partial charge in [0.25, 0.3) is 0 Å². The molecule has 2 aliphatic carbocycles. The molecular weight excluding hydrogens is 515 g/mol. The minimum absolute atomic E-state index is 0. The second-order valence-corrected chi connectivity index (χ2v) is 8.65. The van der Waals surface area contributed by atoms with Gasteiger partial charge in [0.05, 0.1) is 0 Å². The molecule has 4 rings (SSSR count). The summed E-state index contributed by atoms with van der Waals surface area (Å²) in [5.74, 6) is 0.741.